The molecule has 1 aliphatic heterocycles. The molecule has 5 rings (SSSR count). The summed E-state index contributed by atoms with van der Waals surface area (Å²) in [7, 11) is 0. The van der Waals surface area contributed by atoms with Gasteiger partial charge in [-0.25, -0.2) is 14.0 Å². The lowest BCUT2D eigenvalue weighted by Crippen LogP contribution is -2.29. The SMILES string of the molecule is Cl.O=c1n(Cc2noc(C3CC3)n2)nc(C2CCNCC2)n1-c1ccccc1. The number of piperidine rings is 1. The maximum atomic E-state index is 13.2. The Morgan fingerprint density at radius 2 is 1.82 bits per heavy atom. The van der Waals surface area contributed by atoms with Crippen LogP contribution in [0.15, 0.2) is 39.6 Å². The molecule has 0 atom stereocenters. The molecule has 1 aromatic carbocycles. The second kappa shape index (κ2) is 7.89. The summed E-state index contributed by atoms with van der Waals surface area (Å²) in [5.74, 6) is 2.66. The second-order valence-electron chi connectivity index (χ2n) is 7.32. The van der Waals surface area contributed by atoms with E-state index in [-0.39, 0.29) is 30.6 Å². The van der Waals surface area contributed by atoms with E-state index in [1.165, 1.54) is 4.68 Å². The van der Waals surface area contributed by atoms with Crippen LogP contribution < -0.4 is 11.0 Å². The van der Waals surface area contributed by atoms with Gasteiger partial charge in [0.05, 0.1) is 5.69 Å². The van der Waals surface area contributed by atoms with E-state index < -0.39 is 0 Å². The maximum absolute atomic E-state index is 13.2. The summed E-state index contributed by atoms with van der Waals surface area (Å²) in [6.45, 7) is 2.11. The van der Waals surface area contributed by atoms with E-state index in [2.05, 4.69) is 15.5 Å². The van der Waals surface area contributed by atoms with Crippen molar-refractivity contribution >= 4 is 12.4 Å². The van der Waals surface area contributed by atoms with Crippen LogP contribution >= 0.6 is 12.4 Å². The van der Waals surface area contributed by atoms with Gasteiger partial charge in [-0.2, -0.15) is 10.1 Å². The lowest BCUT2D eigenvalue weighted by molar-refractivity contribution is 0.371. The average Bonchev–Trinajstić information content (AvgIpc) is 3.38. The van der Waals surface area contributed by atoms with Crippen LogP contribution in [0.1, 0.15) is 55.1 Å². The lowest BCUT2D eigenvalue weighted by atomic mass is 9.97. The van der Waals surface area contributed by atoms with Crippen molar-refractivity contribution in [1.29, 1.82) is 0 Å². The molecule has 2 aromatic heterocycles. The van der Waals surface area contributed by atoms with E-state index in [0.29, 0.717) is 17.6 Å². The molecule has 0 bridgehead atoms. The van der Waals surface area contributed by atoms with Crippen LogP contribution in [0.25, 0.3) is 5.69 Å². The maximum Gasteiger partial charge on any atom is 0.351 e. The van der Waals surface area contributed by atoms with Crippen LogP contribution in [-0.4, -0.2) is 37.6 Å². The molecule has 1 aliphatic carbocycles. The number of benzene rings is 1. The zero-order valence-corrected chi connectivity index (χ0v) is 16.3. The Hall–Kier alpha value is -2.45. The third kappa shape index (κ3) is 3.62. The van der Waals surface area contributed by atoms with E-state index in [9.17, 15) is 4.79 Å². The Morgan fingerprint density at radius 1 is 1.07 bits per heavy atom. The van der Waals surface area contributed by atoms with Gasteiger partial charge in [-0.05, 0) is 50.9 Å². The molecule has 2 aliphatic rings. The third-order valence-electron chi connectivity index (χ3n) is 5.28. The fraction of sp³-hybridized carbons (Fsp3) is 0.474. The molecular weight excluding hydrogens is 380 g/mol. The van der Waals surface area contributed by atoms with Gasteiger partial charge in [-0.15, -0.1) is 12.4 Å². The van der Waals surface area contributed by atoms with Crippen LogP contribution in [0.2, 0.25) is 0 Å². The van der Waals surface area contributed by atoms with Crippen LogP contribution in [0.3, 0.4) is 0 Å². The topological polar surface area (TPSA) is 90.8 Å². The van der Waals surface area contributed by atoms with Gasteiger partial charge in [0.15, 0.2) is 5.82 Å². The average molecular weight is 403 g/mol. The number of nitrogens with one attached hydrogen (secondary N) is 1. The Morgan fingerprint density at radius 3 is 2.54 bits per heavy atom. The van der Waals surface area contributed by atoms with Crippen LogP contribution in [0.5, 0.6) is 0 Å². The number of halogens is 1. The van der Waals surface area contributed by atoms with Gasteiger partial charge < -0.3 is 9.84 Å². The van der Waals surface area contributed by atoms with Crippen LogP contribution in [0, 0.1) is 0 Å². The summed E-state index contributed by atoms with van der Waals surface area (Å²) in [5, 5.41) is 12.1. The zero-order valence-electron chi connectivity index (χ0n) is 15.5. The van der Waals surface area contributed by atoms with Gasteiger partial charge in [0.25, 0.3) is 0 Å². The summed E-state index contributed by atoms with van der Waals surface area (Å²) in [6.07, 6.45) is 4.14. The van der Waals surface area contributed by atoms with Gasteiger partial charge >= 0.3 is 5.69 Å². The van der Waals surface area contributed by atoms with Crippen LogP contribution in [0.4, 0.5) is 0 Å². The molecule has 1 saturated carbocycles. The molecule has 0 radical (unpaired) electrons. The molecule has 8 nitrogen and oxygen atoms in total. The number of rotatable bonds is 5. The minimum atomic E-state index is -0.160. The summed E-state index contributed by atoms with van der Waals surface area (Å²) in [4.78, 5) is 17.6. The Bertz CT molecular complexity index is 986. The Balaban J connectivity index is 0.00000192. The highest BCUT2D eigenvalue weighted by atomic mass is 35.5. The Kier molecular flexibility index (Phi) is 5.32. The minimum Gasteiger partial charge on any atom is -0.339 e. The molecule has 148 valence electrons. The summed E-state index contributed by atoms with van der Waals surface area (Å²) in [6, 6.07) is 9.70. The monoisotopic (exact) mass is 402 g/mol. The summed E-state index contributed by atoms with van der Waals surface area (Å²) >= 11 is 0. The van der Waals surface area contributed by atoms with Gasteiger partial charge in [0, 0.05) is 11.8 Å². The highest BCUT2D eigenvalue weighted by molar-refractivity contribution is 5.85. The zero-order chi connectivity index (χ0) is 18.2. The van der Waals surface area contributed by atoms with E-state index in [0.717, 1.165) is 50.3 Å². The van der Waals surface area contributed by atoms with Crippen molar-refractivity contribution in [3.63, 3.8) is 0 Å². The predicted molar refractivity (Wildman–Crippen MR) is 105 cm³/mol. The molecule has 9 heteroatoms. The van der Waals surface area contributed by atoms with E-state index in [4.69, 9.17) is 9.62 Å². The molecule has 0 unspecified atom stereocenters. The second-order valence-corrected chi connectivity index (χ2v) is 7.32. The highest BCUT2D eigenvalue weighted by Gasteiger charge is 2.30. The molecular formula is C19H23ClN6O2. The van der Waals surface area contributed by atoms with Gasteiger partial charge in [0.1, 0.15) is 12.4 Å². The lowest BCUT2D eigenvalue weighted by Gasteiger charge is -2.22. The number of aromatic nitrogens is 5. The molecule has 0 amide bonds. The molecule has 1 saturated heterocycles. The van der Waals surface area contributed by atoms with Crippen molar-refractivity contribution < 1.29 is 4.52 Å². The van der Waals surface area contributed by atoms with Gasteiger partial charge in [-0.1, -0.05) is 23.4 Å². The fourth-order valence-electron chi connectivity index (χ4n) is 3.65. The molecule has 3 heterocycles. The van der Waals surface area contributed by atoms with Gasteiger partial charge in [-0.3, -0.25) is 0 Å². The summed E-state index contributed by atoms with van der Waals surface area (Å²) in [5.41, 5.74) is 0.682. The quantitative estimate of drug-likeness (QED) is 0.703. The van der Waals surface area contributed by atoms with Crippen molar-refractivity contribution in [2.75, 3.05) is 13.1 Å². The standard InChI is InChI=1S/C19H22N6O2.ClH/c26-19-24(12-16-21-18(27-23-16)14-6-7-14)22-17(13-8-10-20-11-9-13)25(19)15-4-2-1-3-5-15;/h1-5,13-14,20H,6-12H2;1H. The summed E-state index contributed by atoms with van der Waals surface area (Å²) < 4.78 is 8.52. The first kappa shape index (κ1) is 18.9. The van der Waals surface area contributed by atoms with Crippen molar-refractivity contribution in [1.82, 2.24) is 29.8 Å². The first-order valence-corrected chi connectivity index (χ1v) is 9.58. The number of nitrogens with zero attached hydrogens (tertiary/aromatic N) is 5. The third-order valence-corrected chi connectivity index (χ3v) is 5.28. The molecule has 0 spiro atoms. The predicted octanol–water partition coefficient (Wildman–Crippen LogP) is 2.23. The minimum absolute atomic E-state index is 0. The van der Waals surface area contributed by atoms with Crippen molar-refractivity contribution in [3.05, 3.63) is 58.4 Å². The molecule has 1 N–H and O–H groups in total. The van der Waals surface area contributed by atoms with E-state index in [1.807, 2.05) is 30.3 Å². The van der Waals surface area contributed by atoms with Crippen molar-refractivity contribution in [2.45, 2.75) is 44.1 Å². The molecule has 3 aromatic rings. The first-order valence-electron chi connectivity index (χ1n) is 9.58. The van der Waals surface area contributed by atoms with E-state index >= 15 is 0 Å². The van der Waals surface area contributed by atoms with Gasteiger partial charge in [0.2, 0.25) is 5.89 Å². The van der Waals surface area contributed by atoms with Crippen LogP contribution in [-0.2, 0) is 6.54 Å². The molecule has 2 fully saturated rings. The molecule has 28 heavy (non-hydrogen) atoms. The number of para-hydroxylation sites is 1. The normalized spacial score (nSPS) is 17.4. The number of hydrogen-bond acceptors (Lipinski definition) is 6. The van der Waals surface area contributed by atoms with Crippen molar-refractivity contribution in [2.24, 2.45) is 0 Å². The highest BCUT2D eigenvalue weighted by Crippen LogP contribution is 2.38. The smallest absolute Gasteiger partial charge is 0.339 e. The largest absolute Gasteiger partial charge is 0.351 e. The number of hydrogen-bond donors (Lipinski definition) is 1. The first-order chi connectivity index (χ1) is 13.3. The van der Waals surface area contributed by atoms with Crippen molar-refractivity contribution in [3.8, 4) is 5.69 Å². The fourth-order valence-corrected chi connectivity index (χ4v) is 3.65. The Labute approximate surface area is 168 Å². The van der Waals surface area contributed by atoms with E-state index in [1.54, 1.807) is 4.57 Å².